The Morgan fingerprint density at radius 2 is 1.83 bits per heavy atom. The van der Waals surface area contributed by atoms with Gasteiger partial charge in [0.05, 0.1) is 5.75 Å². The average molecular weight is 354 g/mol. The lowest BCUT2D eigenvalue weighted by atomic mass is 10.1. The maximum absolute atomic E-state index is 12.1. The van der Waals surface area contributed by atoms with E-state index in [4.69, 9.17) is 16.3 Å². The maximum atomic E-state index is 12.1. The number of hydrogen-bond donors (Lipinski definition) is 1. The summed E-state index contributed by atoms with van der Waals surface area (Å²) < 4.78 is 32.2. The van der Waals surface area contributed by atoms with E-state index in [2.05, 4.69) is 4.72 Å². The lowest BCUT2D eigenvalue weighted by molar-refractivity contribution is 0.323. The second-order valence-electron chi connectivity index (χ2n) is 5.34. The molecular formula is C17H20ClNO3S. The molecule has 6 heteroatoms. The molecule has 1 N–H and O–H groups in total. The summed E-state index contributed by atoms with van der Waals surface area (Å²) in [5, 5.41) is 0.627. The fourth-order valence-electron chi connectivity index (χ4n) is 2.06. The van der Waals surface area contributed by atoms with Gasteiger partial charge in [0, 0.05) is 11.6 Å². The lowest BCUT2D eigenvalue weighted by Crippen LogP contribution is -2.29. The van der Waals surface area contributed by atoms with Crippen molar-refractivity contribution < 1.29 is 13.2 Å². The van der Waals surface area contributed by atoms with Crippen molar-refractivity contribution in [2.24, 2.45) is 0 Å². The fourth-order valence-corrected chi connectivity index (χ4v) is 3.46. The van der Waals surface area contributed by atoms with Crippen LogP contribution >= 0.6 is 11.6 Å². The molecule has 0 atom stereocenters. The van der Waals surface area contributed by atoms with Crippen molar-refractivity contribution in [2.75, 3.05) is 13.2 Å². The minimum atomic E-state index is -3.38. The molecule has 4 nitrogen and oxygen atoms in total. The summed E-state index contributed by atoms with van der Waals surface area (Å²) in [5.41, 5.74) is 2.73. The van der Waals surface area contributed by atoms with Crippen LogP contribution in [-0.4, -0.2) is 21.6 Å². The van der Waals surface area contributed by atoms with E-state index in [0.717, 1.165) is 16.7 Å². The van der Waals surface area contributed by atoms with Gasteiger partial charge in [0.25, 0.3) is 0 Å². The number of benzene rings is 2. The van der Waals surface area contributed by atoms with E-state index in [1.807, 2.05) is 50.2 Å². The van der Waals surface area contributed by atoms with Crippen molar-refractivity contribution in [3.8, 4) is 5.75 Å². The molecule has 2 aromatic carbocycles. The van der Waals surface area contributed by atoms with Crippen LogP contribution < -0.4 is 9.46 Å². The zero-order chi connectivity index (χ0) is 16.9. The van der Waals surface area contributed by atoms with Crippen LogP contribution in [0.15, 0.2) is 42.5 Å². The highest BCUT2D eigenvalue weighted by Crippen LogP contribution is 2.21. The SMILES string of the molecule is Cc1ccc(OCCNS(=O)(=O)Cc2ccccc2C)cc1Cl. The highest BCUT2D eigenvalue weighted by atomic mass is 35.5. The predicted molar refractivity (Wildman–Crippen MR) is 93.5 cm³/mol. The second-order valence-corrected chi connectivity index (χ2v) is 7.55. The number of rotatable bonds is 7. The molecule has 0 fully saturated rings. The van der Waals surface area contributed by atoms with Crippen LogP contribution in [0.1, 0.15) is 16.7 Å². The van der Waals surface area contributed by atoms with Crippen LogP contribution in [0.3, 0.4) is 0 Å². The summed E-state index contributed by atoms with van der Waals surface area (Å²) in [6.45, 7) is 4.26. The number of nitrogens with one attached hydrogen (secondary N) is 1. The Bertz CT molecular complexity index is 775. The van der Waals surface area contributed by atoms with Gasteiger partial charge in [-0.15, -0.1) is 0 Å². The molecule has 0 aliphatic rings. The Kier molecular flexibility index (Phi) is 6.04. The molecule has 0 spiro atoms. The molecule has 0 bridgehead atoms. The number of aryl methyl sites for hydroxylation is 2. The van der Waals surface area contributed by atoms with Crippen LogP contribution in [0.25, 0.3) is 0 Å². The van der Waals surface area contributed by atoms with Crippen LogP contribution in [0, 0.1) is 13.8 Å². The first-order valence-electron chi connectivity index (χ1n) is 7.28. The molecule has 23 heavy (non-hydrogen) atoms. The third-order valence-electron chi connectivity index (χ3n) is 3.44. The number of ether oxygens (including phenoxy) is 1. The monoisotopic (exact) mass is 353 g/mol. The molecule has 124 valence electrons. The van der Waals surface area contributed by atoms with E-state index in [1.165, 1.54) is 0 Å². The van der Waals surface area contributed by atoms with Gasteiger partial charge in [-0.05, 0) is 42.7 Å². The lowest BCUT2D eigenvalue weighted by Gasteiger charge is -2.10. The third kappa shape index (κ3) is 5.53. The normalized spacial score (nSPS) is 11.4. The first-order chi connectivity index (χ1) is 10.9. The highest BCUT2D eigenvalue weighted by molar-refractivity contribution is 7.88. The molecule has 0 aliphatic carbocycles. The van der Waals surface area contributed by atoms with Gasteiger partial charge < -0.3 is 4.74 Å². The molecule has 0 aliphatic heterocycles. The number of halogens is 1. The molecule has 2 rings (SSSR count). The van der Waals surface area contributed by atoms with Gasteiger partial charge in [-0.25, -0.2) is 13.1 Å². The second kappa shape index (κ2) is 7.81. The first-order valence-corrected chi connectivity index (χ1v) is 9.31. The highest BCUT2D eigenvalue weighted by Gasteiger charge is 2.12. The molecule has 0 unspecified atom stereocenters. The molecule has 0 amide bonds. The summed E-state index contributed by atoms with van der Waals surface area (Å²) in [5.74, 6) is 0.592. The van der Waals surface area contributed by atoms with E-state index >= 15 is 0 Å². The zero-order valence-electron chi connectivity index (χ0n) is 13.2. The standard InChI is InChI=1S/C17H20ClNO3S/c1-13-5-3-4-6-15(13)12-23(20,21)19-9-10-22-16-8-7-14(2)17(18)11-16/h3-8,11,19H,9-10,12H2,1-2H3. The molecule has 0 heterocycles. The number of hydrogen-bond acceptors (Lipinski definition) is 3. The molecular weight excluding hydrogens is 334 g/mol. The van der Waals surface area contributed by atoms with Crippen molar-refractivity contribution in [1.29, 1.82) is 0 Å². The largest absolute Gasteiger partial charge is 0.492 e. The number of sulfonamides is 1. The van der Waals surface area contributed by atoms with Gasteiger partial charge in [0.15, 0.2) is 0 Å². The van der Waals surface area contributed by atoms with E-state index in [9.17, 15) is 8.42 Å². The molecule has 0 saturated heterocycles. The quantitative estimate of drug-likeness (QED) is 0.775. The summed E-state index contributed by atoms with van der Waals surface area (Å²) in [4.78, 5) is 0. The van der Waals surface area contributed by atoms with Crippen LogP contribution in [-0.2, 0) is 15.8 Å². The third-order valence-corrected chi connectivity index (χ3v) is 5.19. The Hall–Kier alpha value is -1.56. The van der Waals surface area contributed by atoms with Crippen molar-refractivity contribution in [1.82, 2.24) is 4.72 Å². The van der Waals surface area contributed by atoms with Gasteiger partial charge in [0.2, 0.25) is 10.0 Å². The maximum Gasteiger partial charge on any atom is 0.215 e. The van der Waals surface area contributed by atoms with Gasteiger partial charge in [0.1, 0.15) is 12.4 Å². The van der Waals surface area contributed by atoms with E-state index in [0.29, 0.717) is 10.8 Å². The van der Waals surface area contributed by atoms with E-state index < -0.39 is 10.0 Å². The molecule has 2 aromatic rings. The van der Waals surface area contributed by atoms with Gasteiger partial charge in [-0.2, -0.15) is 0 Å². The fraction of sp³-hybridized carbons (Fsp3) is 0.294. The Morgan fingerprint density at radius 1 is 1.09 bits per heavy atom. The first kappa shape index (κ1) is 17.8. The topological polar surface area (TPSA) is 55.4 Å². The van der Waals surface area contributed by atoms with Crippen LogP contribution in [0.5, 0.6) is 5.75 Å². The van der Waals surface area contributed by atoms with Crippen LogP contribution in [0.2, 0.25) is 5.02 Å². The molecule has 0 aromatic heterocycles. The summed E-state index contributed by atoms with van der Waals surface area (Å²) in [7, 11) is -3.38. The van der Waals surface area contributed by atoms with Gasteiger partial charge >= 0.3 is 0 Å². The van der Waals surface area contributed by atoms with E-state index in [-0.39, 0.29) is 18.9 Å². The Balaban J connectivity index is 1.83. The van der Waals surface area contributed by atoms with Crippen molar-refractivity contribution in [3.05, 3.63) is 64.2 Å². The van der Waals surface area contributed by atoms with Gasteiger partial charge in [-0.3, -0.25) is 0 Å². The zero-order valence-corrected chi connectivity index (χ0v) is 14.7. The van der Waals surface area contributed by atoms with E-state index in [1.54, 1.807) is 6.07 Å². The predicted octanol–water partition coefficient (Wildman–Crippen LogP) is 3.46. The van der Waals surface area contributed by atoms with Crippen molar-refractivity contribution >= 4 is 21.6 Å². The summed E-state index contributed by atoms with van der Waals surface area (Å²) in [6.07, 6.45) is 0. The van der Waals surface area contributed by atoms with Crippen LogP contribution in [0.4, 0.5) is 0 Å². The summed E-state index contributed by atoms with van der Waals surface area (Å²) >= 11 is 6.01. The Labute approximate surface area is 142 Å². The smallest absolute Gasteiger partial charge is 0.215 e. The van der Waals surface area contributed by atoms with Crippen molar-refractivity contribution in [2.45, 2.75) is 19.6 Å². The average Bonchev–Trinajstić information content (AvgIpc) is 2.49. The Morgan fingerprint density at radius 3 is 2.52 bits per heavy atom. The van der Waals surface area contributed by atoms with Crippen molar-refractivity contribution in [3.63, 3.8) is 0 Å². The molecule has 0 saturated carbocycles. The molecule has 0 radical (unpaired) electrons. The minimum absolute atomic E-state index is 0.0317. The van der Waals surface area contributed by atoms with Gasteiger partial charge in [-0.1, -0.05) is 41.9 Å². The summed E-state index contributed by atoms with van der Waals surface area (Å²) in [6, 6.07) is 12.8. The minimum Gasteiger partial charge on any atom is -0.492 e.